The van der Waals surface area contributed by atoms with Crippen molar-refractivity contribution in [1.82, 2.24) is 10.2 Å². The molecule has 0 unspecified atom stereocenters. The highest BCUT2D eigenvalue weighted by molar-refractivity contribution is 6.36. The lowest BCUT2D eigenvalue weighted by Gasteiger charge is -2.34. The molecule has 4 nitrogen and oxygen atoms in total. The molecule has 0 aliphatic heterocycles. The van der Waals surface area contributed by atoms with Crippen molar-refractivity contribution >= 4 is 35.0 Å². The van der Waals surface area contributed by atoms with Crippen LogP contribution in [0, 0.1) is 13.8 Å². The molecule has 0 radical (unpaired) electrons. The summed E-state index contributed by atoms with van der Waals surface area (Å²) in [6, 6.07) is 20.7. The van der Waals surface area contributed by atoms with Crippen molar-refractivity contribution in [2.24, 2.45) is 0 Å². The second-order valence-electron chi connectivity index (χ2n) is 10.4. The first kappa shape index (κ1) is 28.2. The molecule has 0 bridgehead atoms. The van der Waals surface area contributed by atoms with Crippen LogP contribution in [0.3, 0.4) is 0 Å². The van der Waals surface area contributed by atoms with Gasteiger partial charge in [0.15, 0.2) is 0 Å². The fourth-order valence-electron chi connectivity index (χ4n) is 5.21. The SMILES string of the molecule is Cc1ccc(C)c(CC(=O)N(Cc2c(Cl)cccc2Cl)[C@@H](Cc2ccccc2)C(=O)NC2CCCCC2)c1. The van der Waals surface area contributed by atoms with Crippen LogP contribution in [0.2, 0.25) is 10.0 Å². The van der Waals surface area contributed by atoms with Gasteiger partial charge in [-0.3, -0.25) is 9.59 Å². The number of rotatable bonds is 9. The fraction of sp³-hybridized carbons (Fsp3) is 0.375. The zero-order valence-electron chi connectivity index (χ0n) is 22.2. The maximum atomic E-state index is 14.1. The second-order valence-corrected chi connectivity index (χ2v) is 11.2. The average molecular weight is 552 g/mol. The van der Waals surface area contributed by atoms with E-state index < -0.39 is 6.04 Å². The lowest BCUT2D eigenvalue weighted by molar-refractivity contribution is -0.141. The summed E-state index contributed by atoms with van der Waals surface area (Å²) in [6.07, 6.45) is 5.95. The number of benzene rings is 3. The second kappa shape index (κ2) is 13.3. The van der Waals surface area contributed by atoms with Gasteiger partial charge in [0.1, 0.15) is 6.04 Å². The zero-order chi connectivity index (χ0) is 27.1. The summed E-state index contributed by atoms with van der Waals surface area (Å²) in [6.45, 7) is 4.18. The number of hydrogen-bond acceptors (Lipinski definition) is 2. The number of carbonyl (C=O) groups excluding carboxylic acids is 2. The lowest BCUT2D eigenvalue weighted by Crippen LogP contribution is -2.53. The number of carbonyl (C=O) groups is 2. The van der Waals surface area contributed by atoms with Crippen LogP contribution in [0.5, 0.6) is 0 Å². The predicted octanol–water partition coefficient (Wildman–Crippen LogP) is 7.24. The Morgan fingerprint density at radius 1 is 0.921 bits per heavy atom. The first-order valence-corrected chi connectivity index (χ1v) is 14.2. The smallest absolute Gasteiger partial charge is 0.243 e. The van der Waals surface area contributed by atoms with Crippen molar-refractivity contribution < 1.29 is 9.59 Å². The molecule has 6 heteroatoms. The third kappa shape index (κ3) is 7.39. The third-order valence-corrected chi connectivity index (χ3v) is 8.17. The van der Waals surface area contributed by atoms with Crippen molar-refractivity contribution in [3.8, 4) is 0 Å². The number of halogens is 2. The molecule has 3 aromatic rings. The lowest BCUT2D eigenvalue weighted by atomic mass is 9.94. The van der Waals surface area contributed by atoms with Crippen LogP contribution < -0.4 is 5.32 Å². The number of hydrogen-bond donors (Lipinski definition) is 1. The Morgan fingerprint density at radius 3 is 2.29 bits per heavy atom. The maximum absolute atomic E-state index is 14.1. The molecule has 1 aliphatic carbocycles. The molecule has 0 heterocycles. The average Bonchev–Trinajstić information content (AvgIpc) is 2.91. The van der Waals surface area contributed by atoms with Crippen molar-refractivity contribution in [1.29, 1.82) is 0 Å². The Kier molecular flexibility index (Phi) is 9.87. The summed E-state index contributed by atoms with van der Waals surface area (Å²) in [7, 11) is 0. The van der Waals surface area contributed by atoms with Crippen LogP contribution in [-0.4, -0.2) is 28.8 Å². The van der Waals surface area contributed by atoms with E-state index in [9.17, 15) is 9.59 Å². The molecule has 200 valence electrons. The summed E-state index contributed by atoms with van der Waals surface area (Å²) in [4.78, 5) is 29.7. The first-order valence-electron chi connectivity index (χ1n) is 13.4. The third-order valence-electron chi connectivity index (χ3n) is 7.46. The first-order chi connectivity index (χ1) is 18.3. The molecule has 1 N–H and O–H groups in total. The minimum Gasteiger partial charge on any atom is -0.352 e. The van der Waals surface area contributed by atoms with Gasteiger partial charge < -0.3 is 10.2 Å². The number of aryl methyl sites for hydroxylation is 2. The van der Waals surface area contributed by atoms with Crippen molar-refractivity contribution in [2.75, 3.05) is 0 Å². The molecule has 0 aromatic heterocycles. The summed E-state index contributed by atoms with van der Waals surface area (Å²) >= 11 is 13.1. The standard InChI is InChI=1S/C32H36Cl2N2O2/c1-22-16-17-23(2)25(18-22)20-31(37)36(21-27-28(33)14-9-15-29(27)34)30(19-24-10-5-3-6-11-24)32(38)35-26-12-7-4-8-13-26/h3,5-6,9-11,14-18,26,30H,4,7-8,12-13,19-21H2,1-2H3,(H,35,38)/t30-/m0/s1. The molecule has 0 saturated heterocycles. The molecule has 38 heavy (non-hydrogen) atoms. The van der Waals surface area contributed by atoms with Gasteiger partial charge in [0.25, 0.3) is 0 Å². The minimum atomic E-state index is -0.704. The summed E-state index contributed by atoms with van der Waals surface area (Å²) in [5.41, 5.74) is 4.73. The zero-order valence-corrected chi connectivity index (χ0v) is 23.7. The van der Waals surface area contributed by atoms with Gasteiger partial charge in [-0.15, -0.1) is 0 Å². The molecule has 3 aromatic carbocycles. The van der Waals surface area contributed by atoms with Crippen molar-refractivity contribution in [2.45, 2.75) is 77.4 Å². The number of amides is 2. The number of nitrogens with zero attached hydrogens (tertiary/aromatic N) is 1. The summed E-state index contributed by atoms with van der Waals surface area (Å²) in [5, 5.41) is 4.23. The normalized spacial score (nSPS) is 14.6. The van der Waals surface area contributed by atoms with E-state index in [4.69, 9.17) is 23.2 Å². The van der Waals surface area contributed by atoms with E-state index in [-0.39, 0.29) is 30.8 Å². The van der Waals surface area contributed by atoms with Crippen LogP contribution in [0.1, 0.15) is 59.9 Å². The fourth-order valence-corrected chi connectivity index (χ4v) is 5.72. The Labute approximate surface area is 236 Å². The molecule has 4 rings (SSSR count). The van der Waals surface area contributed by atoms with Gasteiger partial charge >= 0.3 is 0 Å². The van der Waals surface area contributed by atoms with E-state index in [0.29, 0.717) is 22.0 Å². The van der Waals surface area contributed by atoms with Gasteiger partial charge in [-0.2, -0.15) is 0 Å². The quantitative estimate of drug-likeness (QED) is 0.305. The molecule has 0 spiro atoms. The highest BCUT2D eigenvalue weighted by atomic mass is 35.5. The van der Waals surface area contributed by atoms with E-state index in [1.54, 1.807) is 23.1 Å². The molecule has 1 aliphatic rings. The van der Waals surface area contributed by atoms with Crippen LogP contribution in [-0.2, 0) is 29.0 Å². The highest BCUT2D eigenvalue weighted by Gasteiger charge is 2.33. The van der Waals surface area contributed by atoms with Gasteiger partial charge in [0, 0.05) is 34.6 Å². The van der Waals surface area contributed by atoms with E-state index in [0.717, 1.165) is 47.9 Å². The Bertz CT molecular complexity index is 1240. The molecule has 1 atom stereocenters. The van der Waals surface area contributed by atoms with Crippen LogP contribution in [0.25, 0.3) is 0 Å². The van der Waals surface area contributed by atoms with Gasteiger partial charge in [-0.05, 0) is 55.5 Å². The van der Waals surface area contributed by atoms with Gasteiger partial charge in [-0.1, -0.05) is 103 Å². The highest BCUT2D eigenvalue weighted by Crippen LogP contribution is 2.28. The minimum absolute atomic E-state index is 0.127. The molecule has 2 amide bonds. The van der Waals surface area contributed by atoms with Crippen LogP contribution in [0.4, 0.5) is 0 Å². The Morgan fingerprint density at radius 2 is 1.61 bits per heavy atom. The largest absolute Gasteiger partial charge is 0.352 e. The van der Waals surface area contributed by atoms with E-state index in [1.807, 2.05) is 62.4 Å². The van der Waals surface area contributed by atoms with Crippen molar-refractivity contribution in [3.05, 3.63) is 105 Å². The number of nitrogens with one attached hydrogen (secondary N) is 1. The van der Waals surface area contributed by atoms with E-state index >= 15 is 0 Å². The van der Waals surface area contributed by atoms with Gasteiger partial charge in [0.05, 0.1) is 6.42 Å². The molecular formula is C32H36Cl2N2O2. The van der Waals surface area contributed by atoms with Crippen molar-refractivity contribution in [3.63, 3.8) is 0 Å². The molecule has 1 fully saturated rings. The van der Waals surface area contributed by atoms with Gasteiger partial charge in [-0.25, -0.2) is 0 Å². The molecular weight excluding hydrogens is 515 g/mol. The maximum Gasteiger partial charge on any atom is 0.243 e. The summed E-state index contributed by atoms with van der Waals surface area (Å²) < 4.78 is 0. The topological polar surface area (TPSA) is 49.4 Å². The predicted molar refractivity (Wildman–Crippen MR) is 156 cm³/mol. The van der Waals surface area contributed by atoms with Crippen LogP contribution >= 0.6 is 23.2 Å². The van der Waals surface area contributed by atoms with E-state index in [2.05, 4.69) is 5.32 Å². The monoisotopic (exact) mass is 550 g/mol. The van der Waals surface area contributed by atoms with Gasteiger partial charge in [0.2, 0.25) is 11.8 Å². The molecule has 1 saturated carbocycles. The Hall–Kier alpha value is -2.82. The van der Waals surface area contributed by atoms with E-state index in [1.165, 1.54) is 6.42 Å². The van der Waals surface area contributed by atoms with Crippen LogP contribution in [0.15, 0.2) is 66.7 Å². The Balaban J connectivity index is 1.71. The summed E-state index contributed by atoms with van der Waals surface area (Å²) in [5.74, 6) is -0.257.